The van der Waals surface area contributed by atoms with Crippen molar-refractivity contribution in [3.8, 4) is 0 Å². The third-order valence-corrected chi connectivity index (χ3v) is 5.42. The molecule has 0 fully saturated rings. The Bertz CT molecular complexity index is 268. The third-order valence-electron chi connectivity index (χ3n) is 2.62. The molecule has 1 aromatic carbocycles. The van der Waals surface area contributed by atoms with Crippen LogP contribution in [0.1, 0.15) is 32.3 Å². The molecule has 0 aromatic heterocycles. The number of hydrogen-bond acceptors (Lipinski definition) is 0. The quantitative estimate of drug-likeness (QED) is 0.643. The zero-order chi connectivity index (χ0) is 10.4. The first-order chi connectivity index (χ1) is 6.79. The summed E-state index contributed by atoms with van der Waals surface area (Å²) in [4.78, 5) is 0. The summed E-state index contributed by atoms with van der Waals surface area (Å²) >= 11 is 0. The number of rotatable bonds is 5. The maximum Gasteiger partial charge on any atom is -0.0211 e. The zero-order valence-electron chi connectivity index (χ0n) is 9.59. The van der Waals surface area contributed by atoms with Crippen molar-refractivity contribution in [3.63, 3.8) is 0 Å². The highest BCUT2D eigenvalue weighted by molar-refractivity contribution is 7.65. The van der Waals surface area contributed by atoms with E-state index in [0.717, 1.165) is 0 Å². The van der Waals surface area contributed by atoms with Crippen LogP contribution in [0.4, 0.5) is 0 Å². The Labute approximate surface area is 89.5 Å². The Morgan fingerprint density at radius 2 is 1.86 bits per heavy atom. The van der Waals surface area contributed by atoms with Gasteiger partial charge < -0.3 is 0 Å². The maximum absolute atomic E-state index is 2.33. The highest BCUT2D eigenvalue weighted by Crippen LogP contribution is 2.35. The fourth-order valence-corrected chi connectivity index (χ4v) is 4.18. The Kier molecular flexibility index (Phi) is 5.19. The molecule has 0 nitrogen and oxygen atoms in total. The minimum Gasteiger partial charge on any atom is -0.0753 e. The molecule has 0 radical (unpaired) electrons. The molecule has 0 bridgehead atoms. The second kappa shape index (κ2) is 6.19. The molecule has 0 aliphatic rings. The Morgan fingerprint density at radius 1 is 1.14 bits per heavy atom. The summed E-state index contributed by atoms with van der Waals surface area (Å²) in [5.41, 5.74) is 1.48. The summed E-state index contributed by atoms with van der Waals surface area (Å²) in [6, 6.07) is 8.88. The van der Waals surface area contributed by atoms with Crippen LogP contribution in [0.3, 0.4) is 0 Å². The summed E-state index contributed by atoms with van der Waals surface area (Å²) in [6.45, 7) is 6.85. The Hall–Kier alpha value is -0.350. The number of hydrogen-bond donors (Lipinski definition) is 0. The van der Waals surface area contributed by atoms with Crippen molar-refractivity contribution >= 4 is 13.2 Å². The molecule has 1 unspecified atom stereocenters. The van der Waals surface area contributed by atoms with Crippen molar-refractivity contribution in [3.05, 3.63) is 29.8 Å². The van der Waals surface area contributed by atoms with Gasteiger partial charge in [0.15, 0.2) is 0 Å². The lowest BCUT2D eigenvalue weighted by Crippen LogP contribution is -2.08. The SMILES string of the molecule is CCCCP(CC)c1ccccc1C. The standard InChI is InChI=1S/C13H21P/c1-4-6-11-14(5-2)13-10-8-7-9-12(13)3/h7-10H,4-6,11H2,1-3H3. The number of benzene rings is 1. The molecule has 0 amide bonds. The first kappa shape index (κ1) is 11.7. The molecule has 1 aromatic rings. The van der Waals surface area contributed by atoms with Gasteiger partial charge >= 0.3 is 0 Å². The van der Waals surface area contributed by atoms with Gasteiger partial charge in [0.25, 0.3) is 0 Å². The first-order valence-corrected chi connectivity index (χ1v) is 7.31. The molecule has 0 aliphatic carbocycles. The minimum absolute atomic E-state index is 0.120. The first-order valence-electron chi connectivity index (χ1n) is 5.60. The van der Waals surface area contributed by atoms with Crippen LogP contribution in [0.5, 0.6) is 0 Å². The van der Waals surface area contributed by atoms with Gasteiger partial charge in [-0.2, -0.15) is 0 Å². The van der Waals surface area contributed by atoms with Gasteiger partial charge in [0.2, 0.25) is 0 Å². The predicted octanol–water partition coefficient (Wildman–Crippen LogP) is 3.92. The Balaban J connectivity index is 2.73. The van der Waals surface area contributed by atoms with Crippen molar-refractivity contribution in [2.75, 3.05) is 12.3 Å². The van der Waals surface area contributed by atoms with Crippen molar-refractivity contribution in [1.29, 1.82) is 0 Å². The topological polar surface area (TPSA) is 0 Å². The van der Waals surface area contributed by atoms with Gasteiger partial charge in [-0.15, -0.1) is 0 Å². The average Bonchev–Trinajstić information content (AvgIpc) is 2.21. The molecule has 0 N–H and O–H groups in total. The molecule has 1 rings (SSSR count). The smallest absolute Gasteiger partial charge is 0.0211 e. The molecule has 1 atom stereocenters. The van der Waals surface area contributed by atoms with Gasteiger partial charge in [0.1, 0.15) is 0 Å². The van der Waals surface area contributed by atoms with Crippen molar-refractivity contribution in [1.82, 2.24) is 0 Å². The highest BCUT2D eigenvalue weighted by atomic mass is 31.1. The van der Waals surface area contributed by atoms with E-state index in [2.05, 4.69) is 45.0 Å². The summed E-state index contributed by atoms with van der Waals surface area (Å²) < 4.78 is 0. The fourth-order valence-electron chi connectivity index (χ4n) is 1.72. The lowest BCUT2D eigenvalue weighted by Gasteiger charge is -2.17. The van der Waals surface area contributed by atoms with Crippen LogP contribution in [-0.2, 0) is 0 Å². The molecular formula is C13H21P. The van der Waals surface area contributed by atoms with E-state index in [-0.39, 0.29) is 7.92 Å². The predicted molar refractivity (Wildman–Crippen MR) is 68.0 cm³/mol. The molecule has 0 saturated heterocycles. The summed E-state index contributed by atoms with van der Waals surface area (Å²) in [5.74, 6) is 0. The third kappa shape index (κ3) is 3.10. The van der Waals surface area contributed by atoms with Crippen LogP contribution in [0.2, 0.25) is 0 Å². The van der Waals surface area contributed by atoms with Crippen molar-refractivity contribution < 1.29 is 0 Å². The average molecular weight is 208 g/mol. The van der Waals surface area contributed by atoms with Crippen LogP contribution < -0.4 is 5.30 Å². The van der Waals surface area contributed by atoms with Gasteiger partial charge in [-0.1, -0.05) is 52.5 Å². The minimum atomic E-state index is 0.120. The van der Waals surface area contributed by atoms with E-state index in [1.54, 1.807) is 5.30 Å². The molecule has 0 heterocycles. The molecule has 0 spiro atoms. The monoisotopic (exact) mass is 208 g/mol. The number of aryl methyl sites for hydroxylation is 1. The maximum atomic E-state index is 2.33. The molecule has 0 saturated carbocycles. The Morgan fingerprint density at radius 3 is 2.43 bits per heavy atom. The largest absolute Gasteiger partial charge is 0.0753 e. The van der Waals surface area contributed by atoms with E-state index < -0.39 is 0 Å². The molecule has 78 valence electrons. The van der Waals surface area contributed by atoms with Crippen LogP contribution in [0.25, 0.3) is 0 Å². The van der Waals surface area contributed by atoms with E-state index in [0.29, 0.717) is 0 Å². The summed E-state index contributed by atoms with van der Waals surface area (Å²) in [6.07, 6.45) is 5.45. The lowest BCUT2D eigenvalue weighted by atomic mass is 10.2. The molecule has 1 heteroatoms. The second-order valence-electron chi connectivity index (χ2n) is 3.72. The van der Waals surface area contributed by atoms with E-state index in [9.17, 15) is 0 Å². The summed E-state index contributed by atoms with van der Waals surface area (Å²) in [5, 5.41) is 1.62. The molecular weight excluding hydrogens is 187 g/mol. The van der Waals surface area contributed by atoms with E-state index >= 15 is 0 Å². The van der Waals surface area contributed by atoms with Crippen LogP contribution in [0, 0.1) is 6.92 Å². The van der Waals surface area contributed by atoms with E-state index in [4.69, 9.17) is 0 Å². The lowest BCUT2D eigenvalue weighted by molar-refractivity contribution is 0.891. The fraction of sp³-hybridized carbons (Fsp3) is 0.538. The van der Waals surface area contributed by atoms with Crippen LogP contribution >= 0.6 is 7.92 Å². The summed E-state index contributed by atoms with van der Waals surface area (Å²) in [7, 11) is 0.120. The van der Waals surface area contributed by atoms with Gasteiger partial charge in [0, 0.05) is 0 Å². The highest BCUT2D eigenvalue weighted by Gasteiger charge is 2.09. The van der Waals surface area contributed by atoms with E-state index in [1.807, 2.05) is 0 Å². The number of unbranched alkanes of at least 4 members (excludes halogenated alkanes) is 1. The van der Waals surface area contributed by atoms with Gasteiger partial charge in [-0.3, -0.25) is 0 Å². The van der Waals surface area contributed by atoms with Gasteiger partial charge in [-0.25, -0.2) is 0 Å². The van der Waals surface area contributed by atoms with Crippen molar-refractivity contribution in [2.24, 2.45) is 0 Å². The van der Waals surface area contributed by atoms with Crippen molar-refractivity contribution in [2.45, 2.75) is 33.6 Å². The van der Waals surface area contributed by atoms with E-state index in [1.165, 1.54) is 30.7 Å². The van der Waals surface area contributed by atoms with Crippen LogP contribution in [0.15, 0.2) is 24.3 Å². The molecule has 14 heavy (non-hydrogen) atoms. The van der Waals surface area contributed by atoms with Crippen LogP contribution in [-0.4, -0.2) is 12.3 Å². The second-order valence-corrected chi connectivity index (χ2v) is 6.36. The van der Waals surface area contributed by atoms with Gasteiger partial charge in [0.05, 0.1) is 0 Å². The normalized spacial score (nSPS) is 12.8. The zero-order valence-corrected chi connectivity index (χ0v) is 10.5. The molecule has 0 aliphatic heterocycles. The van der Waals surface area contributed by atoms with Gasteiger partial charge in [-0.05, 0) is 36.5 Å².